The van der Waals surface area contributed by atoms with Crippen LogP contribution in [0.4, 0.5) is 5.69 Å². The van der Waals surface area contributed by atoms with Crippen LogP contribution >= 0.6 is 0 Å². The van der Waals surface area contributed by atoms with Crippen molar-refractivity contribution < 1.29 is 4.79 Å². The van der Waals surface area contributed by atoms with Gasteiger partial charge in [0.05, 0.1) is 6.42 Å². The maximum Gasteiger partial charge on any atom is 0.227 e. The molecule has 2 N–H and O–H groups in total. The van der Waals surface area contributed by atoms with E-state index in [0.29, 0.717) is 6.42 Å². The second kappa shape index (κ2) is 6.57. The van der Waals surface area contributed by atoms with Crippen molar-refractivity contribution in [3.63, 3.8) is 0 Å². The molecule has 4 heteroatoms. The molecule has 2 rings (SSSR count). The van der Waals surface area contributed by atoms with Gasteiger partial charge in [-0.3, -0.25) is 9.69 Å². The largest absolute Gasteiger partial charge is 0.399 e. The third-order valence-corrected chi connectivity index (χ3v) is 3.60. The Kier molecular flexibility index (Phi) is 4.80. The molecule has 1 fully saturated rings. The number of piperazine rings is 1. The van der Waals surface area contributed by atoms with E-state index in [9.17, 15) is 4.79 Å². The lowest BCUT2D eigenvalue weighted by Crippen LogP contribution is -2.49. The van der Waals surface area contributed by atoms with Crippen LogP contribution in [0, 0.1) is 0 Å². The molecule has 19 heavy (non-hydrogen) atoms. The molecule has 0 spiro atoms. The molecule has 0 aromatic heterocycles. The predicted octanol–water partition coefficient (Wildman–Crippen LogP) is 1.37. The maximum atomic E-state index is 12.2. The van der Waals surface area contributed by atoms with Crippen molar-refractivity contribution in [3.05, 3.63) is 29.8 Å². The molecule has 1 amide bonds. The monoisotopic (exact) mass is 261 g/mol. The zero-order valence-electron chi connectivity index (χ0n) is 11.6. The van der Waals surface area contributed by atoms with E-state index in [0.717, 1.165) is 44.0 Å². The van der Waals surface area contributed by atoms with Crippen LogP contribution in [0.1, 0.15) is 18.9 Å². The van der Waals surface area contributed by atoms with Gasteiger partial charge in [-0.1, -0.05) is 19.1 Å². The molecule has 104 valence electrons. The Hall–Kier alpha value is -1.55. The third kappa shape index (κ3) is 3.96. The van der Waals surface area contributed by atoms with Gasteiger partial charge in [-0.15, -0.1) is 0 Å². The number of rotatable bonds is 4. The first-order chi connectivity index (χ1) is 9.19. The SMILES string of the molecule is CCCN1CCN(C(=O)Cc2ccc(N)cc2)CC1. The average molecular weight is 261 g/mol. The molecule has 1 heterocycles. The first kappa shape index (κ1) is 13.9. The van der Waals surface area contributed by atoms with Crippen LogP contribution in [-0.2, 0) is 11.2 Å². The molecular formula is C15H23N3O. The van der Waals surface area contributed by atoms with Gasteiger partial charge in [-0.2, -0.15) is 0 Å². The Bertz CT molecular complexity index is 408. The fourth-order valence-electron chi connectivity index (χ4n) is 2.46. The summed E-state index contributed by atoms with van der Waals surface area (Å²) >= 11 is 0. The molecule has 1 aromatic carbocycles. The molecular weight excluding hydrogens is 238 g/mol. The first-order valence-corrected chi connectivity index (χ1v) is 7.03. The molecule has 1 saturated heterocycles. The topological polar surface area (TPSA) is 49.6 Å². The van der Waals surface area contributed by atoms with Crippen molar-refractivity contribution in [1.82, 2.24) is 9.80 Å². The van der Waals surface area contributed by atoms with E-state index >= 15 is 0 Å². The Balaban J connectivity index is 1.83. The summed E-state index contributed by atoms with van der Waals surface area (Å²) in [4.78, 5) is 16.6. The standard InChI is InChI=1S/C15H23N3O/c1-2-7-17-8-10-18(11-9-17)15(19)12-13-3-5-14(16)6-4-13/h3-6H,2,7-12,16H2,1H3. The third-order valence-electron chi connectivity index (χ3n) is 3.60. The quantitative estimate of drug-likeness (QED) is 0.833. The first-order valence-electron chi connectivity index (χ1n) is 7.03. The van der Waals surface area contributed by atoms with Gasteiger partial charge < -0.3 is 10.6 Å². The molecule has 4 nitrogen and oxygen atoms in total. The summed E-state index contributed by atoms with van der Waals surface area (Å²) in [6.45, 7) is 7.04. The van der Waals surface area contributed by atoms with Crippen LogP contribution in [0.15, 0.2) is 24.3 Å². The number of benzene rings is 1. The van der Waals surface area contributed by atoms with Crippen molar-refractivity contribution in [2.45, 2.75) is 19.8 Å². The Morgan fingerprint density at radius 1 is 1.16 bits per heavy atom. The number of hydrogen-bond donors (Lipinski definition) is 1. The number of anilines is 1. The van der Waals surface area contributed by atoms with Crippen molar-refractivity contribution in [2.24, 2.45) is 0 Å². The van der Waals surface area contributed by atoms with Crippen LogP contribution in [0.5, 0.6) is 0 Å². The van der Waals surface area contributed by atoms with E-state index in [1.165, 1.54) is 6.42 Å². The smallest absolute Gasteiger partial charge is 0.227 e. The summed E-state index contributed by atoms with van der Waals surface area (Å²) in [5.41, 5.74) is 7.42. The fourth-order valence-corrected chi connectivity index (χ4v) is 2.46. The van der Waals surface area contributed by atoms with Gasteiger partial charge >= 0.3 is 0 Å². The Labute approximate surface area is 115 Å². The second-order valence-corrected chi connectivity index (χ2v) is 5.14. The van der Waals surface area contributed by atoms with E-state index in [-0.39, 0.29) is 5.91 Å². The molecule has 0 atom stereocenters. The van der Waals surface area contributed by atoms with Gasteiger partial charge in [0.1, 0.15) is 0 Å². The molecule has 0 radical (unpaired) electrons. The number of carbonyl (C=O) groups excluding carboxylic acids is 1. The van der Waals surface area contributed by atoms with Crippen molar-refractivity contribution in [1.29, 1.82) is 0 Å². The number of amides is 1. The second-order valence-electron chi connectivity index (χ2n) is 5.14. The van der Waals surface area contributed by atoms with E-state index in [2.05, 4.69) is 11.8 Å². The predicted molar refractivity (Wildman–Crippen MR) is 77.9 cm³/mol. The molecule has 0 bridgehead atoms. The summed E-state index contributed by atoms with van der Waals surface area (Å²) < 4.78 is 0. The number of hydrogen-bond acceptors (Lipinski definition) is 3. The zero-order valence-corrected chi connectivity index (χ0v) is 11.6. The summed E-state index contributed by atoms with van der Waals surface area (Å²) in [6.07, 6.45) is 1.66. The van der Waals surface area contributed by atoms with Crippen LogP contribution in [0.2, 0.25) is 0 Å². The van der Waals surface area contributed by atoms with Gasteiger partial charge in [0, 0.05) is 31.9 Å². The Morgan fingerprint density at radius 3 is 2.37 bits per heavy atom. The zero-order chi connectivity index (χ0) is 13.7. The van der Waals surface area contributed by atoms with Crippen molar-refractivity contribution >= 4 is 11.6 Å². The van der Waals surface area contributed by atoms with E-state index < -0.39 is 0 Å². The summed E-state index contributed by atoms with van der Waals surface area (Å²) in [7, 11) is 0. The number of nitrogens with zero attached hydrogens (tertiary/aromatic N) is 2. The van der Waals surface area contributed by atoms with Gasteiger partial charge in [0.15, 0.2) is 0 Å². The summed E-state index contributed by atoms with van der Waals surface area (Å²) in [5, 5.41) is 0. The highest BCUT2D eigenvalue weighted by Gasteiger charge is 2.20. The molecule has 0 aliphatic carbocycles. The lowest BCUT2D eigenvalue weighted by molar-refractivity contribution is -0.132. The lowest BCUT2D eigenvalue weighted by atomic mass is 10.1. The highest BCUT2D eigenvalue weighted by molar-refractivity contribution is 5.79. The molecule has 1 aliphatic heterocycles. The number of nitrogens with two attached hydrogens (primary N) is 1. The molecule has 1 aromatic rings. The van der Waals surface area contributed by atoms with Gasteiger partial charge in [-0.05, 0) is 30.7 Å². The van der Waals surface area contributed by atoms with Crippen LogP contribution in [-0.4, -0.2) is 48.4 Å². The Morgan fingerprint density at radius 2 is 1.79 bits per heavy atom. The van der Waals surface area contributed by atoms with Crippen LogP contribution in [0.3, 0.4) is 0 Å². The lowest BCUT2D eigenvalue weighted by Gasteiger charge is -2.34. The minimum atomic E-state index is 0.223. The fraction of sp³-hybridized carbons (Fsp3) is 0.533. The molecule has 0 saturated carbocycles. The van der Waals surface area contributed by atoms with Crippen molar-refractivity contribution in [2.75, 3.05) is 38.5 Å². The van der Waals surface area contributed by atoms with Crippen LogP contribution < -0.4 is 5.73 Å². The number of carbonyl (C=O) groups is 1. The minimum absolute atomic E-state index is 0.223. The number of nitrogen functional groups attached to an aromatic ring is 1. The molecule has 1 aliphatic rings. The van der Waals surface area contributed by atoms with Gasteiger partial charge in [0.25, 0.3) is 0 Å². The summed E-state index contributed by atoms with van der Waals surface area (Å²) in [5.74, 6) is 0.223. The highest BCUT2D eigenvalue weighted by Crippen LogP contribution is 2.09. The van der Waals surface area contributed by atoms with Gasteiger partial charge in [0.2, 0.25) is 5.91 Å². The average Bonchev–Trinajstić information content (AvgIpc) is 2.42. The highest BCUT2D eigenvalue weighted by atomic mass is 16.2. The normalized spacial score (nSPS) is 16.6. The minimum Gasteiger partial charge on any atom is -0.399 e. The van der Waals surface area contributed by atoms with E-state index in [4.69, 9.17) is 5.73 Å². The maximum absolute atomic E-state index is 12.2. The van der Waals surface area contributed by atoms with Crippen LogP contribution in [0.25, 0.3) is 0 Å². The van der Waals surface area contributed by atoms with Crippen molar-refractivity contribution in [3.8, 4) is 0 Å². The summed E-state index contributed by atoms with van der Waals surface area (Å²) in [6, 6.07) is 7.56. The van der Waals surface area contributed by atoms with E-state index in [1.807, 2.05) is 29.2 Å². The molecule has 0 unspecified atom stereocenters. The van der Waals surface area contributed by atoms with Gasteiger partial charge in [-0.25, -0.2) is 0 Å². The van der Waals surface area contributed by atoms with E-state index in [1.54, 1.807) is 0 Å².